The lowest BCUT2D eigenvalue weighted by Crippen LogP contribution is -2.36. The van der Waals surface area contributed by atoms with Crippen LogP contribution in [0.3, 0.4) is 0 Å². The van der Waals surface area contributed by atoms with Crippen molar-refractivity contribution in [2.75, 3.05) is 5.43 Å². The number of nitrogens with zero attached hydrogens (tertiary/aromatic N) is 4. The smallest absolute Gasteiger partial charge is 0.267 e. The van der Waals surface area contributed by atoms with Crippen molar-refractivity contribution in [3.63, 3.8) is 0 Å². The normalized spacial score (nSPS) is 16.8. The van der Waals surface area contributed by atoms with Crippen LogP contribution in [0.2, 0.25) is 0 Å². The highest BCUT2D eigenvalue weighted by Gasteiger charge is 2.32. The summed E-state index contributed by atoms with van der Waals surface area (Å²) in [5.74, 6) is 0.689. The van der Waals surface area contributed by atoms with Gasteiger partial charge in [-0.1, -0.05) is 20.8 Å². The molecule has 0 saturated carbocycles. The maximum atomic E-state index is 13.3. The minimum Gasteiger partial charge on any atom is -0.267 e. The van der Waals surface area contributed by atoms with Gasteiger partial charge in [-0.05, 0) is 65.7 Å². The maximum absolute atomic E-state index is 13.3. The molecule has 0 aliphatic heterocycles. The molecule has 0 fully saturated rings. The number of hydrogen-bond donors (Lipinski definition) is 1. The second-order valence-corrected chi connectivity index (χ2v) is 10.9. The van der Waals surface area contributed by atoms with Crippen molar-refractivity contribution < 1.29 is 4.79 Å². The van der Waals surface area contributed by atoms with Gasteiger partial charge in [0.2, 0.25) is 0 Å². The van der Waals surface area contributed by atoms with E-state index in [1.165, 1.54) is 14.2 Å². The van der Waals surface area contributed by atoms with Crippen molar-refractivity contribution in [3.05, 3.63) is 42.1 Å². The summed E-state index contributed by atoms with van der Waals surface area (Å²) in [5, 5.41) is 4.75. The van der Waals surface area contributed by atoms with Gasteiger partial charge in [0, 0.05) is 11.9 Å². The van der Waals surface area contributed by atoms with E-state index >= 15 is 0 Å². The summed E-state index contributed by atoms with van der Waals surface area (Å²) in [7, 11) is 1.70. The maximum Gasteiger partial charge on any atom is 0.289 e. The second-order valence-electron chi connectivity index (χ2n) is 8.69. The van der Waals surface area contributed by atoms with Gasteiger partial charge in [-0.15, -0.1) is 11.3 Å². The Morgan fingerprint density at radius 1 is 1.38 bits per heavy atom. The fourth-order valence-electron chi connectivity index (χ4n) is 4.02. The predicted molar refractivity (Wildman–Crippen MR) is 123 cm³/mol. The van der Waals surface area contributed by atoms with E-state index in [1.54, 1.807) is 31.5 Å². The first-order valence-electron chi connectivity index (χ1n) is 9.60. The van der Waals surface area contributed by atoms with Crippen LogP contribution in [-0.2, 0) is 19.9 Å². The third kappa shape index (κ3) is 3.52. The van der Waals surface area contributed by atoms with E-state index in [1.807, 2.05) is 0 Å². The summed E-state index contributed by atoms with van der Waals surface area (Å²) in [5.41, 5.74) is 4.29. The SMILES string of the molecule is Cc1nc2sc3c(c2c(=O)n1NC(=O)c1c(I)cnn1C)CCC(C(C)(C)C)C3. The minimum absolute atomic E-state index is 0.204. The summed E-state index contributed by atoms with van der Waals surface area (Å²) in [6.07, 6.45) is 4.55. The molecule has 1 N–H and O–H groups in total. The van der Waals surface area contributed by atoms with Gasteiger partial charge in [-0.25, -0.2) is 9.66 Å². The van der Waals surface area contributed by atoms with Gasteiger partial charge in [0.15, 0.2) is 0 Å². The Kier molecular flexibility index (Phi) is 5.09. The van der Waals surface area contributed by atoms with Crippen molar-refractivity contribution in [3.8, 4) is 0 Å². The van der Waals surface area contributed by atoms with Crippen molar-refractivity contribution >= 4 is 50.1 Å². The molecule has 29 heavy (non-hydrogen) atoms. The van der Waals surface area contributed by atoms with Crippen LogP contribution in [0.5, 0.6) is 0 Å². The van der Waals surface area contributed by atoms with Gasteiger partial charge >= 0.3 is 0 Å². The Labute approximate surface area is 186 Å². The fraction of sp³-hybridized carbons (Fsp3) is 0.500. The molecule has 3 aromatic rings. The molecule has 1 unspecified atom stereocenters. The minimum atomic E-state index is -0.377. The molecule has 0 spiro atoms. The van der Waals surface area contributed by atoms with Gasteiger partial charge in [0.05, 0.1) is 15.2 Å². The van der Waals surface area contributed by atoms with Crippen LogP contribution >= 0.6 is 33.9 Å². The van der Waals surface area contributed by atoms with Crippen LogP contribution in [0.4, 0.5) is 0 Å². The number of fused-ring (bicyclic) bond motifs is 3. The van der Waals surface area contributed by atoms with E-state index in [0.717, 1.165) is 33.2 Å². The fourth-order valence-corrected chi connectivity index (χ4v) is 6.07. The molecule has 0 bridgehead atoms. The van der Waals surface area contributed by atoms with Crippen molar-refractivity contribution in [2.24, 2.45) is 18.4 Å². The zero-order chi connectivity index (χ0) is 21.1. The molecule has 3 heterocycles. The van der Waals surface area contributed by atoms with E-state index in [9.17, 15) is 9.59 Å². The van der Waals surface area contributed by atoms with Crippen LogP contribution in [0.1, 0.15) is 53.9 Å². The molecule has 1 atom stereocenters. The lowest BCUT2D eigenvalue weighted by Gasteiger charge is -2.33. The lowest BCUT2D eigenvalue weighted by atomic mass is 9.72. The van der Waals surface area contributed by atoms with Crippen LogP contribution in [0.15, 0.2) is 11.0 Å². The van der Waals surface area contributed by atoms with Crippen molar-refractivity contribution in [1.82, 2.24) is 19.4 Å². The first-order chi connectivity index (χ1) is 13.6. The quantitative estimate of drug-likeness (QED) is 0.519. The first-order valence-corrected chi connectivity index (χ1v) is 11.5. The molecule has 0 saturated heterocycles. The van der Waals surface area contributed by atoms with E-state index in [-0.39, 0.29) is 16.9 Å². The van der Waals surface area contributed by atoms with Crippen LogP contribution in [0.25, 0.3) is 10.2 Å². The highest BCUT2D eigenvalue weighted by molar-refractivity contribution is 14.1. The zero-order valence-electron chi connectivity index (χ0n) is 17.2. The Hall–Kier alpha value is -1.75. The number of carbonyl (C=O) groups is 1. The van der Waals surface area contributed by atoms with E-state index in [0.29, 0.717) is 22.8 Å². The molecule has 1 aliphatic carbocycles. The van der Waals surface area contributed by atoms with Gasteiger partial charge in [-0.3, -0.25) is 19.7 Å². The molecule has 3 aromatic heterocycles. The van der Waals surface area contributed by atoms with Crippen LogP contribution < -0.4 is 11.0 Å². The average molecular weight is 525 g/mol. The number of carbonyl (C=O) groups excluding carboxylic acids is 1. The summed E-state index contributed by atoms with van der Waals surface area (Å²) in [4.78, 5) is 32.8. The number of hydrogen-bond acceptors (Lipinski definition) is 5. The van der Waals surface area contributed by atoms with Crippen molar-refractivity contribution in [1.29, 1.82) is 0 Å². The van der Waals surface area contributed by atoms with Gasteiger partial charge < -0.3 is 0 Å². The summed E-state index contributed by atoms with van der Waals surface area (Å²) in [6.45, 7) is 8.58. The highest BCUT2D eigenvalue weighted by atomic mass is 127. The number of nitrogens with one attached hydrogen (secondary N) is 1. The topological polar surface area (TPSA) is 81.8 Å². The second kappa shape index (κ2) is 7.19. The average Bonchev–Trinajstić information content (AvgIpc) is 3.16. The first kappa shape index (κ1) is 20.5. The Morgan fingerprint density at radius 2 is 2.10 bits per heavy atom. The van der Waals surface area contributed by atoms with Crippen LogP contribution in [0, 0.1) is 21.8 Å². The van der Waals surface area contributed by atoms with E-state index < -0.39 is 0 Å². The number of aryl methyl sites for hydroxylation is 3. The Bertz CT molecular complexity index is 1160. The van der Waals surface area contributed by atoms with E-state index in [4.69, 9.17) is 0 Å². The Balaban J connectivity index is 1.76. The molecular weight excluding hydrogens is 501 g/mol. The number of aromatic nitrogens is 4. The molecule has 4 rings (SSSR count). The number of amides is 1. The van der Waals surface area contributed by atoms with Crippen molar-refractivity contribution in [2.45, 2.75) is 47.0 Å². The lowest BCUT2D eigenvalue weighted by molar-refractivity contribution is 0.0996. The molecule has 0 aromatic carbocycles. The molecule has 7 nitrogen and oxygen atoms in total. The largest absolute Gasteiger partial charge is 0.289 e. The summed E-state index contributed by atoms with van der Waals surface area (Å²) in [6, 6.07) is 0. The van der Waals surface area contributed by atoms with Gasteiger partial charge in [0.1, 0.15) is 16.3 Å². The molecular formula is C20H24IN5O2S. The third-order valence-corrected chi connectivity index (χ3v) is 7.74. The van der Waals surface area contributed by atoms with Crippen LogP contribution in [-0.4, -0.2) is 25.3 Å². The molecule has 1 aliphatic rings. The zero-order valence-corrected chi connectivity index (χ0v) is 20.1. The third-order valence-electron chi connectivity index (χ3n) is 5.80. The number of halogens is 1. The van der Waals surface area contributed by atoms with E-state index in [2.05, 4.69) is 58.9 Å². The number of rotatable bonds is 2. The molecule has 1 amide bonds. The molecule has 0 radical (unpaired) electrons. The summed E-state index contributed by atoms with van der Waals surface area (Å²) < 4.78 is 3.50. The highest BCUT2D eigenvalue weighted by Crippen LogP contribution is 2.42. The monoisotopic (exact) mass is 525 g/mol. The Morgan fingerprint density at radius 3 is 2.72 bits per heavy atom. The molecule has 154 valence electrons. The summed E-state index contributed by atoms with van der Waals surface area (Å²) >= 11 is 3.69. The van der Waals surface area contributed by atoms with Gasteiger partial charge in [-0.2, -0.15) is 5.10 Å². The standard InChI is InChI=1S/C20H24IN5O2S/c1-10-23-18-15(12-7-6-11(20(2,3)4)8-14(12)29-18)19(28)26(10)24-17(27)16-13(21)9-22-25(16)5/h9,11H,6-8H2,1-5H3,(H,24,27). The molecule has 9 heteroatoms. The van der Waals surface area contributed by atoms with Gasteiger partial charge in [0.25, 0.3) is 11.5 Å². The predicted octanol–water partition coefficient (Wildman–Crippen LogP) is 3.64. The number of thiophene rings is 1.